The first-order valence-electron chi connectivity index (χ1n) is 9.73. The highest BCUT2D eigenvalue weighted by Gasteiger charge is 2.30. The molecule has 3 rings (SSSR count). The molecule has 178 valence electrons. The molecule has 12 heteroatoms. The van der Waals surface area contributed by atoms with E-state index in [-0.39, 0.29) is 18.7 Å². The van der Waals surface area contributed by atoms with Crippen molar-refractivity contribution in [2.45, 2.75) is 12.6 Å². The van der Waals surface area contributed by atoms with Gasteiger partial charge in [-0.05, 0) is 48.0 Å². The number of amides is 1. The molecular weight excluding hydrogens is 473 g/mol. The molecule has 0 unspecified atom stereocenters. The third-order valence-corrected chi connectivity index (χ3v) is 5.01. The molecule has 0 bridgehead atoms. The van der Waals surface area contributed by atoms with Gasteiger partial charge in [0.15, 0.2) is 11.7 Å². The number of thiazole rings is 1. The van der Waals surface area contributed by atoms with Crippen LogP contribution in [-0.2, 0) is 26.9 Å². The summed E-state index contributed by atoms with van der Waals surface area (Å²) in [5, 5.41) is 8.68. The summed E-state index contributed by atoms with van der Waals surface area (Å²) in [6, 6.07) is 11.4. The highest BCUT2D eigenvalue weighted by atomic mass is 32.1. The predicted molar refractivity (Wildman–Crippen MR) is 120 cm³/mol. The first kappa shape index (κ1) is 24.7. The second kappa shape index (κ2) is 11.3. The minimum absolute atomic E-state index is 0.0571. The molecule has 2 N–H and O–H groups in total. The maximum Gasteiger partial charge on any atom is 0.416 e. The van der Waals surface area contributed by atoms with Crippen molar-refractivity contribution in [2.24, 2.45) is 5.10 Å². The Morgan fingerprint density at radius 3 is 2.65 bits per heavy atom. The zero-order valence-corrected chi connectivity index (χ0v) is 18.6. The van der Waals surface area contributed by atoms with E-state index >= 15 is 0 Å². The number of nitrogens with zero attached hydrogens (tertiary/aromatic N) is 2. The van der Waals surface area contributed by atoms with Crippen molar-refractivity contribution in [1.82, 2.24) is 10.4 Å². The van der Waals surface area contributed by atoms with E-state index in [0.717, 1.165) is 12.1 Å². The lowest BCUT2D eigenvalue weighted by molar-refractivity contribution is -0.143. The van der Waals surface area contributed by atoms with Crippen molar-refractivity contribution in [3.8, 4) is 5.75 Å². The van der Waals surface area contributed by atoms with Crippen molar-refractivity contribution in [2.75, 3.05) is 19.0 Å². The van der Waals surface area contributed by atoms with E-state index < -0.39 is 23.6 Å². The number of benzene rings is 2. The van der Waals surface area contributed by atoms with Gasteiger partial charge in [0.25, 0.3) is 0 Å². The Morgan fingerprint density at radius 1 is 1.18 bits per heavy atom. The molecule has 2 aromatic carbocycles. The highest BCUT2D eigenvalue weighted by Crippen LogP contribution is 2.31. The Morgan fingerprint density at radius 2 is 1.94 bits per heavy atom. The van der Waals surface area contributed by atoms with Gasteiger partial charge >= 0.3 is 12.1 Å². The molecule has 1 aromatic heterocycles. The van der Waals surface area contributed by atoms with Crippen LogP contribution in [0.4, 0.5) is 24.0 Å². The van der Waals surface area contributed by atoms with E-state index in [1.54, 1.807) is 29.6 Å². The van der Waals surface area contributed by atoms with E-state index in [4.69, 9.17) is 4.74 Å². The maximum absolute atomic E-state index is 12.8. The molecule has 0 spiro atoms. The van der Waals surface area contributed by atoms with Gasteiger partial charge in [-0.2, -0.15) is 18.3 Å². The second-order valence-corrected chi connectivity index (χ2v) is 7.61. The Balaban J connectivity index is 1.48. The van der Waals surface area contributed by atoms with Crippen LogP contribution in [0, 0.1) is 0 Å². The molecule has 0 saturated carbocycles. The SMILES string of the molecule is COC(=O)COc1ccc(/C=N/NC(=O)Cc2csc(Nc3cccc(C(F)(F)F)c3)n2)cc1. The summed E-state index contributed by atoms with van der Waals surface area (Å²) in [4.78, 5) is 27.4. The molecule has 0 saturated heterocycles. The van der Waals surface area contributed by atoms with E-state index in [2.05, 4.69) is 25.6 Å². The predicted octanol–water partition coefficient (Wildman–Crippen LogP) is 4.15. The summed E-state index contributed by atoms with van der Waals surface area (Å²) in [5.41, 5.74) is 2.99. The van der Waals surface area contributed by atoms with Gasteiger partial charge in [-0.25, -0.2) is 15.2 Å². The van der Waals surface area contributed by atoms with Crippen LogP contribution >= 0.6 is 11.3 Å². The Bertz CT molecular complexity index is 1160. The molecule has 8 nitrogen and oxygen atoms in total. The number of ether oxygens (including phenoxy) is 2. The minimum atomic E-state index is -4.44. The van der Waals surface area contributed by atoms with Crippen molar-refractivity contribution in [1.29, 1.82) is 0 Å². The van der Waals surface area contributed by atoms with Gasteiger partial charge in [-0.3, -0.25) is 4.79 Å². The second-order valence-electron chi connectivity index (χ2n) is 6.75. The number of hydrazone groups is 1. The Hall–Kier alpha value is -3.93. The molecule has 1 amide bonds. The Labute approximate surface area is 196 Å². The fourth-order valence-corrected chi connectivity index (χ4v) is 3.31. The number of carbonyl (C=O) groups excluding carboxylic acids is 2. The first-order chi connectivity index (χ1) is 16.2. The number of aromatic nitrogens is 1. The number of carbonyl (C=O) groups is 2. The van der Waals surface area contributed by atoms with Crippen molar-refractivity contribution in [3.63, 3.8) is 0 Å². The number of hydrogen-bond donors (Lipinski definition) is 2. The number of methoxy groups -OCH3 is 1. The zero-order chi connectivity index (χ0) is 24.6. The summed E-state index contributed by atoms with van der Waals surface area (Å²) in [6.07, 6.45) is -3.06. The van der Waals surface area contributed by atoms with E-state index in [9.17, 15) is 22.8 Å². The molecule has 1 heterocycles. The average Bonchev–Trinajstić information content (AvgIpc) is 3.24. The van der Waals surface area contributed by atoms with E-state index in [1.807, 2.05) is 0 Å². The molecule has 0 fully saturated rings. The largest absolute Gasteiger partial charge is 0.482 e. The molecule has 0 aliphatic carbocycles. The lowest BCUT2D eigenvalue weighted by atomic mass is 10.2. The van der Waals surface area contributed by atoms with Crippen LogP contribution in [0.1, 0.15) is 16.8 Å². The molecule has 0 aliphatic heterocycles. The van der Waals surface area contributed by atoms with Crippen LogP contribution in [0.5, 0.6) is 5.75 Å². The maximum atomic E-state index is 12.8. The molecule has 0 radical (unpaired) electrons. The third-order valence-electron chi connectivity index (χ3n) is 4.20. The molecule has 0 aliphatic rings. The van der Waals surface area contributed by atoms with E-state index in [0.29, 0.717) is 22.1 Å². The van der Waals surface area contributed by atoms with Crippen LogP contribution in [0.3, 0.4) is 0 Å². The minimum Gasteiger partial charge on any atom is -0.482 e. The monoisotopic (exact) mass is 492 g/mol. The number of halogens is 3. The average molecular weight is 492 g/mol. The van der Waals surface area contributed by atoms with Crippen LogP contribution in [0.2, 0.25) is 0 Å². The number of anilines is 2. The van der Waals surface area contributed by atoms with Crippen LogP contribution in [-0.4, -0.2) is 36.8 Å². The van der Waals surface area contributed by atoms with Crippen molar-refractivity contribution < 1.29 is 32.2 Å². The van der Waals surface area contributed by atoms with Gasteiger partial charge in [-0.1, -0.05) is 6.07 Å². The molecule has 0 atom stereocenters. The summed E-state index contributed by atoms with van der Waals surface area (Å²) in [6.45, 7) is -0.201. The fourth-order valence-electron chi connectivity index (χ4n) is 2.58. The number of nitrogens with one attached hydrogen (secondary N) is 2. The number of rotatable bonds is 9. The standard InChI is InChI=1S/C22H19F3N4O4S/c1-32-20(31)12-33-18-7-5-14(6-8-18)11-26-29-19(30)10-17-13-34-21(28-17)27-16-4-2-3-15(9-16)22(23,24)25/h2-9,11,13H,10,12H2,1H3,(H,27,28)(H,29,30)/b26-11+. The summed E-state index contributed by atoms with van der Waals surface area (Å²) >= 11 is 1.17. The summed E-state index contributed by atoms with van der Waals surface area (Å²) < 4.78 is 48.2. The first-order valence-corrected chi connectivity index (χ1v) is 10.6. The van der Waals surface area contributed by atoms with Crippen molar-refractivity contribution in [3.05, 3.63) is 70.7 Å². The summed E-state index contributed by atoms with van der Waals surface area (Å²) in [5.74, 6) is -0.429. The topological polar surface area (TPSA) is 102 Å². The van der Waals surface area contributed by atoms with E-state index in [1.165, 1.54) is 36.8 Å². The lowest BCUT2D eigenvalue weighted by Crippen LogP contribution is -2.19. The van der Waals surface area contributed by atoms with Gasteiger partial charge in [0.2, 0.25) is 5.91 Å². The van der Waals surface area contributed by atoms with Gasteiger partial charge in [0, 0.05) is 11.1 Å². The number of hydrogen-bond acceptors (Lipinski definition) is 8. The summed E-state index contributed by atoms with van der Waals surface area (Å²) in [7, 11) is 1.27. The Kier molecular flexibility index (Phi) is 8.19. The van der Waals surface area contributed by atoms with Crippen LogP contribution in [0.25, 0.3) is 0 Å². The van der Waals surface area contributed by atoms with Gasteiger partial charge in [-0.15, -0.1) is 11.3 Å². The smallest absolute Gasteiger partial charge is 0.416 e. The number of esters is 1. The molecular formula is C22H19F3N4O4S. The van der Waals surface area contributed by atoms with Crippen molar-refractivity contribution >= 4 is 40.2 Å². The highest BCUT2D eigenvalue weighted by molar-refractivity contribution is 7.13. The number of alkyl halides is 3. The quantitative estimate of drug-likeness (QED) is 0.264. The fraction of sp³-hybridized carbons (Fsp3) is 0.182. The zero-order valence-electron chi connectivity index (χ0n) is 17.8. The normalized spacial score (nSPS) is 11.3. The molecule has 34 heavy (non-hydrogen) atoms. The van der Waals surface area contributed by atoms with Gasteiger partial charge < -0.3 is 14.8 Å². The van der Waals surface area contributed by atoms with Crippen LogP contribution < -0.4 is 15.5 Å². The molecule has 3 aromatic rings. The lowest BCUT2D eigenvalue weighted by Gasteiger charge is -2.08. The third kappa shape index (κ3) is 7.59. The van der Waals surface area contributed by atoms with Gasteiger partial charge in [0.05, 0.1) is 31.0 Å². The van der Waals surface area contributed by atoms with Crippen LogP contribution in [0.15, 0.2) is 59.0 Å². The van der Waals surface area contributed by atoms with Gasteiger partial charge in [0.1, 0.15) is 5.75 Å².